The zero-order valence-corrected chi connectivity index (χ0v) is 12.5. The molecule has 0 radical (unpaired) electrons. The van der Waals surface area contributed by atoms with Crippen LogP contribution in [0.5, 0.6) is 0 Å². The fraction of sp³-hybridized carbons (Fsp3) is 0.500. The van der Waals surface area contributed by atoms with Crippen molar-refractivity contribution in [3.05, 3.63) is 30.1 Å². The Kier molecular flexibility index (Phi) is 6.20. The molecule has 0 saturated carbocycles. The number of aryl methyl sites for hydroxylation is 1. The van der Waals surface area contributed by atoms with Crippen LogP contribution in [-0.2, 0) is 17.8 Å². The first-order chi connectivity index (χ1) is 10.4. The molecule has 0 spiro atoms. The first kappa shape index (κ1) is 15.5. The Morgan fingerprint density at radius 2 is 2.33 bits per heavy atom. The average molecular weight is 286 g/mol. The summed E-state index contributed by atoms with van der Waals surface area (Å²) < 4.78 is 7.24. The van der Waals surface area contributed by atoms with Crippen LogP contribution in [0.15, 0.2) is 24.5 Å². The van der Waals surface area contributed by atoms with Crippen LogP contribution in [-0.4, -0.2) is 29.8 Å². The van der Waals surface area contributed by atoms with Crippen LogP contribution in [0.1, 0.15) is 24.8 Å². The third-order valence-electron chi connectivity index (χ3n) is 3.45. The lowest BCUT2D eigenvalue weighted by Gasteiger charge is -2.03. The monoisotopic (exact) mass is 286 g/mol. The van der Waals surface area contributed by atoms with Crippen molar-refractivity contribution in [3.8, 4) is 6.07 Å². The Bertz CT molecular complexity index is 600. The summed E-state index contributed by atoms with van der Waals surface area (Å²) in [6.07, 6.45) is 6.56. The number of rotatable bonds is 9. The summed E-state index contributed by atoms with van der Waals surface area (Å²) in [5.74, 6) is 0. The van der Waals surface area contributed by atoms with Crippen LogP contribution in [0.4, 0.5) is 0 Å². The van der Waals surface area contributed by atoms with E-state index in [1.165, 1.54) is 10.9 Å². The number of pyridine rings is 1. The lowest BCUT2D eigenvalue weighted by molar-refractivity contribution is 0.199. The maximum absolute atomic E-state index is 8.59. The highest BCUT2D eigenvalue weighted by Gasteiger charge is 2.08. The van der Waals surface area contributed by atoms with E-state index in [1.54, 1.807) is 7.11 Å². The number of unbranched alkanes of at least 4 members (excludes halogenated alkanes) is 2. The summed E-state index contributed by atoms with van der Waals surface area (Å²) in [6.45, 7) is 3.28. The van der Waals surface area contributed by atoms with E-state index in [-0.39, 0.29) is 0 Å². The highest BCUT2D eigenvalue weighted by atomic mass is 16.5. The van der Waals surface area contributed by atoms with Crippen molar-refractivity contribution in [2.45, 2.75) is 32.4 Å². The molecule has 0 aliphatic heterocycles. The molecule has 0 fully saturated rings. The molecule has 0 saturated heterocycles. The van der Waals surface area contributed by atoms with Crippen molar-refractivity contribution in [3.63, 3.8) is 0 Å². The molecule has 0 bridgehead atoms. The van der Waals surface area contributed by atoms with Crippen molar-refractivity contribution in [1.29, 1.82) is 5.26 Å². The molecule has 0 amide bonds. The molecule has 0 atom stereocenters. The van der Waals surface area contributed by atoms with E-state index in [9.17, 15) is 0 Å². The van der Waals surface area contributed by atoms with Crippen molar-refractivity contribution < 1.29 is 4.74 Å². The highest BCUT2D eigenvalue weighted by Crippen LogP contribution is 2.20. The average Bonchev–Trinajstić information content (AvgIpc) is 2.87. The second-order valence-electron chi connectivity index (χ2n) is 5.01. The molecule has 0 aromatic carbocycles. The van der Waals surface area contributed by atoms with E-state index in [0.717, 1.165) is 38.1 Å². The maximum Gasteiger partial charge on any atom is 0.140 e. The van der Waals surface area contributed by atoms with Crippen LogP contribution < -0.4 is 5.32 Å². The van der Waals surface area contributed by atoms with Gasteiger partial charge in [-0.1, -0.05) is 0 Å². The van der Waals surface area contributed by atoms with Gasteiger partial charge in [-0.3, -0.25) is 0 Å². The van der Waals surface area contributed by atoms with E-state index >= 15 is 0 Å². The van der Waals surface area contributed by atoms with Crippen LogP contribution in [0.2, 0.25) is 0 Å². The third-order valence-corrected chi connectivity index (χ3v) is 3.45. The summed E-state index contributed by atoms with van der Waals surface area (Å²) >= 11 is 0. The number of methoxy groups -OCH3 is 1. The minimum atomic E-state index is 0.623. The minimum Gasteiger partial charge on any atom is -0.383 e. The maximum atomic E-state index is 8.59. The molecular formula is C16H22N4O. The minimum absolute atomic E-state index is 0.623. The number of nitrogens with one attached hydrogen (secondary N) is 1. The number of hydrogen-bond donors (Lipinski definition) is 1. The number of hydrogen-bond acceptors (Lipinski definition) is 4. The Labute approximate surface area is 125 Å². The van der Waals surface area contributed by atoms with Crippen molar-refractivity contribution in [2.75, 3.05) is 20.3 Å². The first-order valence-corrected chi connectivity index (χ1v) is 7.36. The molecular weight excluding hydrogens is 264 g/mol. The molecule has 5 nitrogen and oxygen atoms in total. The summed E-state index contributed by atoms with van der Waals surface area (Å²) in [5, 5.41) is 13.2. The van der Waals surface area contributed by atoms with Gasteiger partial charge in [-0.2, -0.15) is 5.26 Å². The van der Waals surface area contributed by atoms with Gasteiger partial charge in [0.2, 0.25) is 0 Å². The molecule has 2 aromatic rings. The molecule has 2 heterocycles. The lowest BCUT2D eigenvalue weighted by atomic mass is 10.2. The summed E-state index contributed by atoms with van der Waals surface area (Å²) in [6, 6.07) is 6.28. The molecule has 112 valence electrons. The molecule has 1 N–H and O–H groups in total. The molecule has 2 aromatic heterocycles. The van der Waals surface area contributed by atoms with Gasteiger partial charge in [-0.15, -0.1) is 0 Å². The number of nitriles is 1. The Morgan fingerprint density at radius 1 is 1.43 bits per heavy atom. The Hall–Kier alpha value is -1.90. The van der Waals surface area contributed by atoms with E-state index in [1.807, 2.05) is 12.3 Å². The molecule has 21 heavy (non-hydrogen) atoms. The van der Waals surface area contributed by atoms with Gasteiger partial charge in [0.1, 0.15) is 5.65 Å². The van der Waals surface area contributed by atoms with Crippen LogP contribution in [0.25, 0.3) is 11.0 Å². The summed E-state index contributed by atoms with van der Waals surface area (Å²) in [4.78, 5) is 4.49. The predicted molar refractivity (Wildman–Crippen MR) is 82.8 cm³/mol. The number of ether oxygens (including phenoxy) is 1. The van der Waals surface area contributed by atoms with Gasteiger partial charge in [0.25, 0.3) is 0 Å². The van der Waals surface area contributed by atoms with Crippen molar-refractivity contribution in [2.24, 2.45) is 0 Å². The van der Waals surface area contributed by atoms with E-state index in [0.29, 0.717) is 13.0 Å². The van der Waals surface area contributed by atoms with Crippen LogP contribution >= 0.6 is 0 Å². The van der Waals surface area contributed by atoms with Crippen molar-refractivity contribution >= 4 is 11.0 Å². The van der Waals surface area contributed by atoms with E-state index < -0.39 is 0 Å². The first-order valence-electron chi connectivity index (χ1n) is 7.36. The van der Waals surface area contributed by atoms with Gasteiger partial charge in [0, 0.05) is 50.9 Å². The van der Waals surface area contributed by atoms with Gasteiger partial charge in [-0.05, 0) is 30.5 Å². The molecule has 0 unspecified atom stereocenters. The number of aromatic nitrogens is 2. The molecule has 2 rings (SSSR count). The molecule has 0 aliphatic carbocycles. The van der Waals surface area contributed by atoms with Gasteiger partial charge < -0.3 is 14.6 Å². The largest absolute Gasteiger partial charge is 0.383 e. The fourth-order valence-electron chi connectivity index (χ4n) is 2.39. The van der Waals surface area contributed by atoms with Crippen LogP contribution in [0.3, 0.4) is 0 Å². The predicted octanol–water partition coefficient (Wildman–Crippen LogP) is 2.47. The third kappa shape index (κ3) is 4.28. The molecule has 0 aliphatic rings. The van der Waals surface area contributed by atoms with Crippen LogP contribution in [0, 0.1) is 11.3 Å². The zero-order valence-electron chi connectivity index (χ0n) is 12.5. The SMILES string of the molecule is COCCNCc1cn(CCCCC#N)c2ncccc12. The Morgan fingerprint density at radius 3 is 3.14 bits per heavy atom. The fourth-order valence-corrected chi connectivity index (χ4v) is 2.39. The lowest BCUT2D eigenvalue weighted by Crippen LogP contribution is -2.18. The van der Waals surface area contributed by atoms with Gasteiger partial charge in [0.05, 0.1) is 12.7 Å². The smallest absolute Gasteiger partial charge is 0.140 e. The number of fused-ring (bicyclic) bond motifs is 1. The quantitative estimate of drug-likeness (QED) is 0.719. The van der Waals surface area contributed by atoms with Gasteiger partial charge in [-0.25, -0.2) is 4.98 Å². The second-order valence-corrected chi connectivity index (χ2v) is 5.01. The Balaban J connectivity index is 2.05. The second kappa shape index (κ2) is 8.40. The highest BCUT2D eigenvalue weighted by molar-refractivity contribution is 5.80. The zero-order chi connectivity index (χ0) is 14.9. The van der Waals surface area contributed by atoms with Gasteiger partial charge >= 0.3 is 0 Å². The van der Waals surface area contributed by atoms with Crippen molar-refractivity contribution in [1.82, 2.24) is 14.9 Å². The number of nitrogens with zero attached hydrogens (tertiary/aromatic N) is 3. The van der Waals surface area contributed by atoms with E-state index in [2.05, 4.69) is 33.2 Å². The molecule has 5 heteroatoms. The topological polar surface area (TPSA) is 62.9 Å². The summed E-state index contributed by atoms with van der Waals surface area (Å²) in [7, 11) is 1.71. The normalized spacial score (nSPS) is 10.9. The summed E-state index contributed by atoms with van der Waals surface area (Å²) in [5.41, 5.74) is 2.28. The van der Waals surface area contributed by atoms with E-state index in [4.69, 9.17) is 10.00 Å². The standard InChI is InChI=1S/C16H22N4O/c1-21-11-9-18-12-14-13-20(10-4-2-3-7-17)16-15(14)6-5-8-19-16/h5-6,8,13,18H,2-4,9-12H2,1H3. The van der Waals surface area contributed by atoms with Gasteiger partial charge in [0.15, 0.2) is 0 Å².